The number of thiazole rings is 1. The number of ether oxygens (including phenoxy) is 2. The second kappa shape index (κ2) is 11.8. The molecule has 10 nitrogen and oxygen atoms in total. The molecule has 1 aromatic carbocycles. The van der Waals surface area contributed by atoms with Crippen molar-refractivity contribution in [3.8, 4) is 11.5 Å². The van der Waals surface area contributed by atoms with Crippen molar-refractivity contribution in [3.05, 3.63) is 34.8 Å². The zero-order valence-electron chi connectivity index (χ0n) is 18.3. The Morgan fingerprint density at radius 2 is 1.75 bits per heavy atom. The van der Waals surface area contributed by atoms with Crippen molar-refractivity contribution < 1.29 is 24.2 Å². The summed E-state index contributed by atoms with van der Waals surface area (Å²) in [5.74, 6) is 0.359. The summed E-state index contributed by atoms with van der Waals surface area (Å²) in [4.78, 5) is 33.6. The molecule has 3 N–H and O–H groups in total. The summed E-state index contributed by atoms with van der Waals surface area (Å²) in [6, 6.07) is 4.86. The van der Waals surface area contributed by atoms with Crippen LogP contribution >= 0.6 is 11.3 Å². The van der Waals surface area contributed by atoms with E-state index in [9.17, 15) is 9.59 Å². The molecule has 3 rings (SSSR count). The van der Waals surface area contributed by atoms with Gasteiger partial charge in [-0.25, -0.2) is 4.98 Å². The molecule has 174 valence electrons. The predicted octanol–water partition coefficient (Wildman–Crippen LogP) is 0.752. The fourth-order valence-electron chi connectivity index (χ4n) is 3.38. The van der Waals surface area contributed by atoms with Crippen molar-refractivity contribution in [2.45, 2.75) is 0 Å². The van der Waals surface area contributed by atoms with Crippen LogP contribution in [-0.2, 0) is 0 Å². The lowest BCUT2D eigenvalue weighted by atomic mass is 10.2. The molecule has 0 aliphatic carbocycles. The molecule has 11 heteroatoms. The third-order valence-electron chi connectivity index (χ3n) is 5.20. The van der Waals surface area contributed by atoms with Crippen LogP contribution in [0.4, 0.5) is 5.13 Å². The minimum absolute atomic E-state index is 0.181. The Morgan fingerprint density at radius 1 is 1.06 bits per heavy atom. The van der Waals surface area contributed by atoms with Crippen molar-refractivity contribution in [1.29, 1.82) is 0 Å². The number of amides is 2. The number of anilines is 1. The number of aromatic nitrogens is 1. The summed E-state index contributed by atoms with van der Waals surface area (Å²) in [5.41, 5.74) is 0.660. The summed E-state index contributed by atoms with van der Waals surface area (Å²) < 4.78 is 10.4. The first-order chi connectivity index (χ1) is 15.5. The van der Waals surface area contributed by atoms with Gasteiger partial charge in [0.1, 0.15) is 5.69 Å². The average Bonchev–Trinajstić information content (AvgIpc) is 3.28. The Morgan fingerprint density at radius 3 is 2.41 bits per heavy atom. The highest BCUT2D eigenvalue weighted by atomic mass is 32.1. The van der Waals surface area contributed by atoms with E-state index in [-0.39, 0.29) is 24.1 Å². The molecule has 0 spiro atoms. The van der Waals surface area contributed by atoms with Crippen LogP contribution in [0.5, 0.6) is 11.5 Å². The molecule has 1 aromatic heterocycles. The van der Waals surface area contributed by atoms with E-state index in [0.29, 0.717) is 35.3 Å². The third-order valence-corrected chi connectivity index (χ3v) is 5.96. The molecule has 2 heterocycles. The molecule has 2 aromatic rings. The molecule has 1 aliphatic heterocycles. The van der Waals surface area contributed by atoms with Gasteiger partial charge in [0.05, 0.1) is 20.8 Å². The highest BCUT2D eigenvalue weighted by Crippen LogP contribution is 2.28. The first-order valence-electron chi connectivity index (χ1n) is 10.4. The fraction of sp³-hybridized carbons (Fsp3) is 0.476. The van der Waals surface area contributed by atoms with E-state index in [1.807, 2.05) is 0 Å². The molecule has 1 aliphatic rings. The van der Waals surface area contributed by atoms with Gasteiger partial charge in [-0.3, -0.25) is 24.7 Å². The summed E-state index contributed by atoms with van der Waals surface area (Å²) in [6.45, 7) is 5.83. The largest absolute Gasteiger partial charge is 0.493 e. The van der Waals surface area contributed by atoms with Crippen LogP contribution in [0.1, 0.15) is 20.8 Å². The predicted molar refractivity (Wildman–Crippen MR) is 122 cm³/mol. The molecule has 0 bridgehead atoms. The van der Waals surface area contributed by atoms with Crippen LogP contribution in [0.3, 0.4) is 0 Å². The summed E-state index contributed by atoms with van der Waals surface area (Å²) in [7, 11) is 3.03. The molecule has 0 saturated carbocycles. The molecule has 0 unspecified atom stereocenters. The van der Waals surface area contributed by atoms with Crippen molar-refractivity contribution >= 4 is 28.3 Å². The summed E-state index contributed by atoms with van der Waals surface area (Å²) in [6.07, 6.45) is 0. The number of hydrogen-bond acceptors (Lipinski definition) is 9. The summed E-state index contributed by atoms with van der Waals surface area (Å²) >= 11 is 1.19. The molecule has 0 atom stereocenters. The van der Waals surface area contributed by atoms with E-state index in [1.54, 1.807) is 23.6 Å². The van der Waals surface area contributed by atoms with Crippen LogP contribution in [0.2, 0.25) is 0 Å². The monoisotopic (exact) mass is 463 g/mol. The maximum Gasteiger partial charge on any atom is 0.270 e. The lowest BCUT2D eigenvalue weighted by Gasteiger charge is -2.34. The molecule has 1 fully saturated rings. The van der Waals surface area contributed by atoms with Gasteiger partial charge in [0.25, 0.3) is 11.8 Å². The number of nitrogens with zero attached hydrogens (tertiary/aromatic N) is 3. The Bertz CT molecular complexity index is 914. The number of carbonyl (C=O) groups excluding carboxylic acids is 2. The van der Waals surface area contributed by atoms with Gasteiger partial charge in [-0.1, -0.05) is 0 Å². The second-order valence-corrected chi connectivity index (χ2v) is 8.08. The smallest absolute Gasteiger partial charge is 0.270 e. The zero-order chi connectivity index (χ0) is 22.9. The van der Waals surface area contributed by atoms with Crippen molar-refractivity contribution in [2.75, 3.05) is 72.0 Å². The number of nitrogens with one attached hydrogen (secondary N) is 2. The SMILES string of the molecule is COc1ccc(C(=O)Nc2nc(C(=O)NCCN3CCN(CCO)CC3)cs2)cc1OC. The lowest BCUT2D eigenvalue weighted by molar-refractivity contribution is 0.0921. The van der Waals surface area contributed by atoms with Crippen molar-refractivity contribution in [3.63, 3.8) is 0 Å². The zero-order valence-corrected chi connectivity index (χ0v) is 19.1. The Hall–Kier alpha value is -2.73. The molecular formula is C21H29N5O5S. The molecule has 1 saturated heterocycles. The van der Waals surface area contributed by atoms with Crippen LogP contribution < -0.4 is 20.1 Å². The normalized spacial score (nSPS) is 14.7. The number of aliphatic hydroxyl groups is 1. The fourth-order valence-corrected chi connectivity index (χ4v) is 4.06. The van der Waals surface area contributed by atoms with Crippen molar-refractivity contribution in [1.82, 2.24) is 20.1 Å². The average molecular weight is 464 g/mol. The lowest BCUT2D eigenvalue weighted by Crippen LogP contribution is -2.49. The minimum Gasteiger partial charge on any atom is -0.493 e. The van der Waals surface area contributed by atoms with Crippen LogP contribution in [-0.4, -0.2) is 98.3 Å². The molecule has 2 amide bonds. The first kappa shape index (κ1) is 23.9. The number of benzene rings is 1. The van der Waals surface area contributed by atoms with E-state index in [4.69, 9.17) is 14.6 Å². The van der Waals surface area contributed by atoms with Crippen LogP contribution in [0, 0.1) is 0 Å². The maximum atomic E-state index is 12.5. The Balaban J connectivity index is 1.46. The van der Waals surface area contributed by atoms with Gasteiger partial charge in [-0.2, -0.15) is 0 Å². The number of methoxy groups -OCH3 is 2. The molecular weight excluding hydrogens is 434 g/mol. The number of carbonyl (C=O) groups is 2. The van der Waals surface area contributed by atoms with Gasteiger partial charge >= 0.3 is 0 Å². The number of β-amino-alcohol motifs (C(OH)–C–C–N with tert-alkyl or cyclic N) is 1. The molecule has 0 radical (unpaired) electrons. The number of rotatable bonds is 10. The van der Waals surface area contributed by atoms with Crippen LogP contribution in [0.15, 0.2) is 23.6 Å². The number of hydrogen-bond donors (Lipinski definition) is 3. The van der Waals surface area contributed by atoms with Gasteiger partial charge in [0, 0.05) is 56.8 Å². The third kappa shape index (κ3) is 6.39. The topological polar surface area (TPSA) is 116 Å². The van der Waals surface area contributed by atoms with Gasteiger partial charge in [0.2, 0.25) is 0 Å². The maximum absolute atomic E-state index is 12.5. The van der Waals surface area contributed by atoms with Gasteiger partial charge in [0.15, 0.2) is 16.6 Å². The van der Waals surface area contributed by atoms with E-state index >= 15 is 0 Å². The standard InChI is InChI=1S/C21H29N5O5S/c1-30-17-4-3-15(13-18(17)31-2)19(28)24-21-23-16(14-32-21)20(29)22-5-6-25-7-9-26(10-8-25)11-12-27/h3-4,13-14,27H,5-12H2,1-2H3,(H,22,29)(H,23,24,28). The van der Waals surface area contributed by atoms with Crippen LogP contribution in [0.25, 0.3) is 0 Å². The van der Waals surface area contributed by atoms with Gasteiger partial charge in [-0.05, 0) is 18.2 Å². The van der Waals surface area contributed by atoms with E-state index < -0.39 is 0 Å². The highest BCUT2D eigenvalue weighted by molar-refractivity contribution is 7.14. The number of piperazine rings is 1. The van der Waals surface area contributed by atoms with Gasteiger partial charge < -0.3 is 19.9 Å². The van der Waals surface area contributed by atoms with Gasteiger partial charge in [-0.15, -0.1) is 11.3 Å². The van der Waals surface area contributed by atoms with E-state index in [0.717, 1.165) is 32.7 Å². The molecule has 32 heavy (non-hydrogen) atoms. The quantitative estimate of drug-likeness (QED) is 0.473. The summed E-state index contributed by atoms with van der Waals surface area (Å²) in [5, 5.41) is 16.5. The second-order valence-electron chi connectivity index (χ2n) is 7.22. The number of aliphatic hydroxyl groups excluding tert-OH is 1. The van der Waals surface area contributed by atoms with E-state index in [1.165, 1.54) is 25.6 Å². The minimum atomic E-state index is -0.354. The highest BCUT2D eigenvalue weighted by Gasteiger charge is 2.17. The van der Waals surface area contributed by atoms with E-state index in [2.05, 4.69) is 25.4 Å². The first-order valence-corrected chi connectivity index (χ1v) is 11.2. The Labute approximate surface area is 191 Å². The van der Waals surface area contributed by atoms with Crippen molar-refractivity contribution in [2.24, 2.45) is 0 Å². The Kier molecular flexibility index (Phi) is 8.80.